The Morgan fingerprint density at radius 2 is 1.65 bits per heavy atom. The highest BCUT2D eigenvalue weighted by atomic mass is 16.5. The molecule has 2 aromatic rings. The lowest BCUT2D eigenvalue weighted by molar-refractivity contribution is 0.482. The molecule has 1 heterocycles. The topological polar surface area (TPSA) is 110 Å². The second-order valence-corrected chi connectivity index (χ2v) is 5.14. The van der Waals surface area contributed by atoms with Crippen molar-refractivity contribution >= 4 is 17.9 Å². The number of ether oxygens (including phenoxy) is 1. The minimum absolute atomic E-state index is 0.293. The molecule has 6 heteroatoms. The summed E-state index contributed by atoms with van der Waals surface area (Å²) in [6.07, 6.45) is 0.751. The number of aliphatic imine (C=N–C) groups is 2. The number of amidine groups is 1. The van der Waals surface area contributed by atoms with Gasteiger partial charge in [0.15, 0.2) is 0 Å². The largest absolute Gasteiger partial charge is 0.457 e. The van der Waals surface area contributed by atoms with Crippen molar-refractivity contribution in [3.63, 3.8) is 0 Å². The van der Waals surface area contributed by atoms with Crippen molar-refractivity contribution in [1.82, 2.24) is 0 Å². The molecule has 0 aliphatic carbocycles. The van der Waals surface area contributed by atoms with Crippen molar-refractivity contribution in [2.24, 2.45) is 27.4 Å². The van der Waals surface area contributed by atoms with Gasteiger partial charge in [-0.15, -0.1) is 0 Å². The van der Waals surface area contributed by atoms with Gasteiger partial charge in [-0.2, -0.15) is 0 Å². The van der Waals surface area contributed by atoms with Gasteiger partial charge in [0.2, 0.25) is 0 Å². The van der Waals surface area contributed by atoms with E-state index in [4.69, 9.17) is 21.6 Å². The maximum atomic E-state index is 8.32. The van der Waals surface area contributed by atoms with E-state index >= 15 is 0 Å². The lowest BCUT2D eigenvalue weighted by Gasteiger charge is -2.23. The predicted octanol–water partition coefficient (Wildman–Crippen LogP) is 2.15. The van der Waals surface area contributed by atoms with E-state index in [1.54, 1.807) is 12.1 Å². The molecular weight excluding hydrogens is 290 g/mol. The number of rotatable bonds is 4. The number of hydrogen-bond acceptors (Lipinski definition) is 6. The summed E-state index contributed by atoms with van der Waals surface area (Å²) in [6.45, 7) is 0. The Morgan fingerprint density at radius 3 is 2.30 bits per heavy atom. The fourth-order valence-electron chi connectivity index (χ4n) is 2.34. The van der Waals surface area contributed by atoms with Gasteiger partial charge < -0.3 is 21.6 Å². The monoisotopic (exact) mass is 307 g/mol. The van der Waals surface area contributed by atoms with Crippen LogP contribution >= 0.6 is 0 Å². The Labute approximate surface area is 134 Å². The Morgan fingerprint density at radius 1 is 1.00 bits per heavy atom. The van der Waals surface area contributed by atoms with Crippen molar-refractivity contribution in [3.8, 4) is 11.5 Å². The van der Waals surface area contributed by atoms with Crippen LogP contribution in [0.25, 0.3) is 0 Å². The van der Waals surface area contributed by atoms with Crippen LogP contribution in [0.1, 0.15) is 5.56 Å². The molecule has 0 fully saturated rings. The normalized spacial score (nSPS) is 20.0. The van der Waals surface area contributed by atoms with Crippen LogP contribution in [0.5, 0.6) is 11.5 Å². The first-order valence-electron chi connectivity index (χ1n) is 7.17. The second kappa shape index (κ2) is 6.41. The van der Waals surface area contributed by atoms with Crippen LogP contribution in [0.15, 0.2) is 64.6 Å². The van der Waals surface area contributed by atoms with Crippen LogP contribution in [0.4, 0.5) is 0 Å². The zero-order valence-corrected chi connectivity index (χ0v) is 12.4. The predicted molar refractivity (Wildman–Crippen MR) is 91.4 cm³/mol. The van der Waals surface area contributed by atoms with Crippen LogP contribution in [0.2, 0.25) is 0 Å². The maximum absolute atomic E-state index is 8.32. The average molecular weight is 307 g/mol. The van der Waals surface area contributed by atoms with Crippen molar-refractivity contribution < 1.29 is 4.74 Å². The minimum Gasteiger partial charge on any atom is -0.457 e. The Bertz CT molecular complexity index is 752. The quantitative estimate of drug-likeness (QED) is 0.753. The molecule has 0 spiro atoms. The van der Waals surface area contributed by atoms with Crippen molar-refractivity contribution in [2.45, 2.75) is 6.17 Å². The Hall–Kier alpha value is -2.99. The molecule has 0 aromatic heterocycles. The summed E-state index contributed by atoms with van der Waals surface area (Å²) in [4.78, 5) is 7.94. The molecule has 2 unspecified atom stereocenters. The van der Waals surface area contributed by atoms with Crippen LogP contribution in [0.3, 0.4) is 0 Å². The second-order valence-electron chi connectivity index (χ2n) is 5.14. The number of nitrogens with two attached hydrogens (primary N) is 2. The van der Waals surface area contributed by atoms with Gasteiger partial charge in [-0.3, -0.25) is 4.99 Å². The van der Waals surface area contributed by atoms with Crippen LogP contribution in [-0.2, 0) is 0 Å². The molecule has 2 atom stereocenters. The molecule has 1 aliphatic rings. The summed E-state index contributed by atoms with van der Waals surface area (Å²) in [6, 6.07) is 16.7. The molecule has 116 valence electrons. The molecule has 5 N–H and O–H groups in total. The van der Waals surface area contributed by atoms with Gasteiger partial charge >= 0.3 is 0 Å². The number of nitrogens with zero attached hydrogens (tertiary/aromatic N) is 2. The molecule has 1 aliphatic heterocycles. The number of benzene rings is 2. The van der Waals surface area contributed by atoms with Crippen LogP contribution < -0.4 is 16.2 Å². The third kappa shape index (κ3) is 3.27. The highest BCUT2D eigenvalue weighted by Crippen LogP contribution is 2.23. The van der Waals surface area contributed by atoms with Gasteiger partial charge in [-0.05, 0) is 42.0 Å². The minimum atomic E-state index is -0.583. The van der Waals surface area contributed by atoms with Gasteiger partial charge in [0.25, 0.3) is 0 Å². The van der Waals surface area contributed by atoms with Crippen molar-refractivity contribution in [3.05, 3.63) is 60.2 Å². The first-order valence-corrected chi connectivity index (χ1v) is 7.17. The molecular formula is C17H17N5O. The third-order valence-corrected chi connectivity index (χ3v) is 3.56. The zero-order chi connectivity index (χ0) is 16.2. The molecule has 6 nitrogen and oxygen atoms in total. The summed E-state index contributed by atoms with van der Waals surface area (Å²) < 4.78 is 5.73. The first-order chi connectivity index (χ1) is 11.1. The van der Waals surface area contributed by atoms with Crippen molar-refractivity contribution in [1.29, 1.82) is 5.41 Å². The van der Waals surface area contributed by atoms with E-state index in [1.807, 2.05) is 42.5 Å². The molecule has 0 saturated carbocycles. The molecule has 0 amide bonds. The van der Waals surface area contributed by atoms with Gasteiger partial charge in [0.05, 0.1) is 11.6 Å². The van der Waals surface area contributed by atoms with E-state index in [9.17, 15) is 0 Å². The summed E-state index contributed by atoms with van der Waals surface area (Å²) in [5.41, 5.74) is 12.8. The van der Waals surface area contributed by atoms with E-state index in [0.29, 0.717) is 22.9 Å². The molecule has 0 saturated heterocycles. The summed E-state index contributed by atoms with van der Waals surface area (Å²) >= 11 is 0. The maximum Gasteiger partial charge on any atom is 0.127 e. The molecule has 3 rings (SSSR count). The Kier molecular flexibility index (Phi) is 4.16. The van der Waals surface area contributed by atoms with E-state index in [-0.39, 0.29) is 0 Å². The summed E-state index contributed by atoms with van der Waals surface area (Å²) in [7, 11) is 0. The highest BCUT2D eigenvalue weighted by Gasteiger charge is 2.28. The average Bonchev–Trinajstić information content (AvgIpc) is 2.56. The Balaban J connectivity index is 1.76. The number of hydrogen-bond donors (Lipinski definition) is 3. The summed E-state index contributed by atoms with van der Waals surface area (Å²) in [5, 5.41) is 8.32. The zero-order valence-electron chi connectivity index (χ0n) is 12.4. The van der Waals surface area contributed by atoms with E-state index in [1.165, 1.54) is 6.34 Å². The lowest BCUT2D eigenvalue weighted by atomic mass is 9.92. The van der Waals surface area contributed by atoms with Gasteiger partial charge in [-0.1, -0.05) is 18.2 Å². The fraction of sp³-hybridized carbons (Fsp3) is 0.118. The molecule has 23 heavy (non-hydrogen) atoms. The van der Waals surface area contributed by atoms with Gasteiger partial charge in [-0.25, -0.2) is 4.99 Å². The SMILES string of the molecule is N=C(c1ccc(Oc2ccccc2)cc1)C1C(N)=NC=NC1N. The van der Waals surface area contributed by atoms with E-state index in [0.717, 1.165) is 5.75 Å². The molecule has 0 bridgehead atoms. The number of para-hydroxylation sites is 1. The fourth-order valence-corrected chi connectivity index (χ4v) is 2.34. The van der Waals surface area contributed by atoms with Crippen molar-refractivity contribution in [2.75, 3.05) is 0 Å². The van der Waals surface area contributed by atoms with Crippen LogP contribution in [0, 0.1) is 11.3 Å². The summed E-state index contributed by atoms with van der Waals surface area (Å²) in [5.74, 6) is 1.25. The standard InChI is InChI=1S/C17H17N5O/c18-15(14-16(19)21-10-22-17(14)20)11-6-8-13(9-7-11)23-12-4-2-1-3-5-12/h1-10,14,16,18H,19H2,(H2,20,21,22). The lowest BCUT2D eigenvalue weighted by Crippen LogP contribution is -2.45. The van der Waals surface area contributed by atoms with Crippen LogP contribution in [-0.4, -0.2) is 24.1 Å². The van der Waals surface area contributed by atoms with E-state index < -0.39 is 12.1 Å². The smallest absolute Gasteiger partial charge is 0.127 e. The number of nitrogens with one attached hydrogen (secondary N) is 1. The third-order valence-electron chi connectivity index (χ3n) is 3.56. The van der Waals surface area contributed by atoms with Gasteiger partial charge in [0, 0.05) is 0 Å². The first kappa shape index (κ1) is 14.9. The molecule has 0 radical (unpaired) electrons. The van der Waals surface area contributed by atoms with Gasteiger partial charge in [0.1, 0.15) is 29.8 Å². The van der Waals surface area contributed by atoms with E-state index in [2.05, 4.69) is 9.98 Å². The molecule has 2 aromatic carbocycles. The highest BCUT2D eigenvalue weighted by molar-refractivity contribution is 6.14.